The van der Waals surface area contributed by atoms with Crippen molar-refractivity contribution in [2.75, 3.05) is 26.4 Å². The average Bonchev–Trinajstić information content (AvgIpc) is 2.85. The molecule has 0 radical (unpaired) electrons. The van der Waals surface area contributed by atoms with Crippen LogP contribution in [0.4, 0.5) is 0 Å². The van der Waals surface area contributed by atoms with Crippen LogP contribution < -0.4 is 5.32 Å². The Bertz CT molecular complexity index is 715. The van der Waals surface area contributed by atoms with Crippen LogP contribution in [0.15, 0.2) is 0 Å². The number of hydrogen-bond acceptors (Lipinski definition) is 15. The molecule has 6 unspecified atom stereocenters. The van der Waals surface area contributed by atoms with Crippen LogP contribution in [0.5, 0.6) is 0 Å². The molecule has 210 valence electrons. The van der Waals surface area contributed by atoms with E-state index in [0.717, 1.165) is 6.92 Å². The van der Waals surface area contributed by atoms with E-state index in [-0.39, 0.29) is 6.61 Å². The Hall–Kier alpha value is -1.09. The van der Waals surface area contributed by atoms with Crippen LogP contribution in [0.3, 0.4) is 0 Å². The minimum Gasteiger partial charge on any atom is -0.394 e. The summed E-state index contributed by atoms with van der Waals surface area (Å²) in [6.45, 7) is -1.17. The number of amides is 1. The smallest absolute Gasteiger partial charge is 0.217 e. The summed E-state index contributed by atoms with van der Waals surface area (Å²) >= 11 is 0. The van der Waals surface area contributed by atoms with E-state index in [1.165, 1.54) is 0 Å². The second-order valence-electron chi connectivity index (χ2n) is 8.95. The van der Waals surface area contributed by atoms with Crippen molar-refractivity contribution in [1.82, 2.24) is 5.32 Å². The molecule has 36 heavy (non-hydrogen) atoms. The van der Waals surface area contributed by atoms with Crippen LogP contribution in [0.1, 0.15) is 6.92 Å². The molecule has 0 spiro atoms. The lowest BCUT2D eigenvalue weighted by molar-refractivity contribution is -0.356. The summed E-state index contributed by atoms with van der Waals surface area (Å²) in [5.41, 5.74) is 0. The first-order valence-corrected chi connectivity index (χ1v) is 11.5. The van der Waals surface area contributed by atoms with Gasteiger partial charge in [-0.15, -0.1) is 0 Å². The van der Waals surface area contributed by atoms with E-state index in [1.54, 1.807) is 0 Å². The lowest BCUT2D eigenvalue weighted by atomic mass is 9.95. The fourth-order valence-electron chi connectivity index (χ4n) is 4.38. The van der Waals surface area contributed by atoms with Gasteiger partial charge < -0.3 is 75.0 Å². The van der Waals surface area contributed by atoms with Crippen LogP contribution in [0, 0.1) is 0 Å². The maximum Gasteiger partial charge on any atom is 0.217 e. The van der Waals surface area contributed by atoms with Crippen molar-refractivity contribution >= 4 is 5.91 Å². The summed E-state index contributed by atoms with van der Waals surface area (Å²) in [5.74, 6) is -0.619. The van der Waals surface area contributed by atoms with Crippen molar-refractivity contribution < 1.29 is 74.4 Å². The van der Waals surface area contributed by atoms with Crippen molar-refractivity contribution in [3.63, 3.8) is 0 Å². The SMILES string of the molecule is CC(=O)NC1C(O[C@H]2COC(CO)[C@@H](O)[C@@H]2O)O[C@@H](CO)[C@@H](OC2OC(CO)[C@H](O)[C@H](O)[C@@H]2O)C1O. The molecule has 10 N–H and O–H groups in total. The molecule has 0 aromatic heterocycles. The van der Waals surface area contributed by atoms with E-state index >= 15 is 0 Å². The number of aliphatic hydroxyl groups is 9. The predicted octanol–water partition coefficient (Wildman–Crippen LogP) is -6.75. The largest absolute Gasteiger partial charge is 0.394 e. The van der Waals surface area contributed by atoms with E-state index in [4.69, 9.17) is 23.7 Å². The van der Waals surface area contributed by atoms with E-state index < -0.39 is 111 Å². The molecule has 16 heteroatoms. The molecule has 3 saturated heterocycles. The van der Waals surface area contributed by atoms with Gasteiger partial charge in [0.2, 0.25) is 5.91 Å². The second kappa shape index (κ2) is 12.6. The van der Waals surface area contributed by atoms with Crippen LogP contribution in [0.25, 0.3) is 0 Å². The van der Waals surface area contributed by atoms with Gasteiger partial charge in [0.15, 0.2) is 12.6 Å². The first-order valence-electron chi connectivity index (χ1n) is 11.5. The van der Waals surface area contributed by atoms with Gasteiger partial charge in [-0.1, -0.05) is 0 Å². The highest BCUT2D eigenvalue weighted by molar-refractivity contribution is 5.73. The molecular formula is C20H35NO15. The summed E-state index contributed by atoms with van der Waals surface area (Å²) in [5, 5.41) is 92.6. The fourth-order valence-corrected chi connectivity index (χ4v) is 4.38. The zero-order valence-corrected chi connectivity index (χ0v) is 19.4. The summed E-state index contributed by atoms with van der Waals surface area (Å²) in [7, 11) is 0. The highest BCUT2D eigenvalue weighted by Crippen LogP contribution is 2.31. The van der Waals surface area contributed by atoms with Gasteiger partial charge in [0, 0.05) is 6.92 Å². The van der Waals surface area contributed by atoms with E-state index in [9.17, 15) is 50.8 Å². The summed E-state index contributed by atoms with van der Waals surface area (Å²) in [6, 6.07) is -1.36. The molecule has 1 amide bonds. The molecule has 3 rings (SSSR count). The van der Waals surface area contributed by atoms with Gasteiger partial charge in [-0.05, 0) is 0 Å². The molecule has 3 heterocycles. The van der Waals surface area contributed by atoms with Gasteiger partial charge >= 0.3 is 0 Å². The van der Waals surface area contributed by atoms with Crippen molar-refractivity contribution in [3.8, 4) is 0 Å². The second-order valence-corrected chi connectivity index (χ2v) is 8.95. The standard InChI is InChI=1S/C20H35NO15/c1-6(25)21-11-15(29)18(36-20-17(31)16(30)13(27)8(3-23)33-20)9(4-24)34-19(11)35-10-5-32-7(2-22)12(26)14(10)28/h7-20,22-24,26-31H,2-5H2,1H3,(H,21,25)/t7?,8?,9-,10-,11?,12+,13-,14+,15?,16-,17-,18+,19?,20?/m0/s1. The molecule has 3 fully saturated rings. The number of aliphatic hydroxyl groups excluding tert-OH is 9. The Labute approximate surface area is 205 Å². The van der Waals surface area contributed by atoms with E-state index in [2.05, 4.69) is 5.32 Å². The van der Waals surface area contributed by atoms with E-state index in [1.807, 2.05) is 0 Å². The number of nitrogens with one attached hydrogen (secondary N) is 1. The molecule has 3 aliphatic heterocycles. The molecule has 0 aliphatic carbocycles. The van der Waals surface area contributed by atoms with E-state index in [0.29, 0.717) is 0 Å². The minimum absolute atomic E-state index is 0.277. The molecule has 0 saturated carbocycles. The number of carbonyl (C=O) groups is 1. The quantitative estimate of drug-likeness (QED) is 0.140. The Morgan fingerprint density at radius 2 is 1.33 bits per heavy atom. The highest BCUT2D eigenvalue weighted by atomic mass is 16.7. The topological polar surface area (TPSA) is 257 Å². The van der Waals surface area contributed by atoms with Gasteiger partial charge in [-0.3, -0.25) is 4.79 Å². The Morgan fingerprint density at radius 1 is 0.750 bits per heavy atom. The maximum atomic E-state index is 11.8. The molecule has 14 atom stereocenters. The van der Waals surface area contributed by atoms with Crippen LogP contribution in [0.2, 0.25) is 0 Å². The zero-order valence-electron chi connectivity index (χ0n) is 19.4. The number of carbonyl (C=O) groups excluding carboxylic acids is 1. The summed E-state index contributed by atoms with van der Waals surface area (Å²) < 4.78 is 27.5. The zero-order chi connectivity index (χ0) is 26.7. The lowest BCUT2D eigenvalue weighted by Gasteiger charge is -2.48. The third-order valence-electron chi connectivity index (χ3n) is 6.44. The van der Waals surface area contributed by atoms with Crippen molar-refractivity contribution in [3.05, 3.63) is 0 Å². The first kappa shape index (κ1) is 29.5. The number of hydrogen-bond donors (Lipinski definition) is 10. The predicted molar refractivity (Wildman–Crippen MR) is 112 cm³/mol. The Kier molecular flexibility index (Phi) is 10.3. The molecule has 3 aliphatic rings. The van der Waals surface area contributed by atoms with Crippen LogP contribution in [-0.4, -0.2) is 164 Å². The van der Waals surface area contributed by atoms with Gasteiger partial charge in [-0.2, -0.15) is 0 Å². The number of ether oxygens (including phenoxy) is 5. The van der Waals surface area contributed by atoms with Crippen molar-refractivity contribution in [2.24, 2.45) is 0 Å². The van der Waals surface area contributed by atoms with Crippen LogP contribution >= 0.6 is 0 Å². The first-order chi connectivity index (χ1) is 17.0. The van der Waals surface area contributed by atoms with Gasteiger partial charge in [-0.25, -0.2) is 0 Å². The fraction of sp³-hybridized carbons (Fsp3) is 0.950. The molecule has 16 nitrogen and oxygen atoms in total. The number of rotatable bonds is 8. The van der Waals surface area contributed by atoms with Gasteiger partial charge in [0.25, 0.3) is 0 Å². The average molecular weight is 529 g/mol. The molecule has 0 aromatic carbocycles. The molecule has 0 aromatic rings. The van der Waals surface area contributed by atoms with Crippen molar-refractivity contribution in [2.45, 2.75) is 92.7 Å². The summed E-state index contributed by atoms with van der Waals surface area (Å²) in [4.78, 5) is 11.8. The molecular weight excluding hydrogens is 494 g/mol. The monoisotopic (exact) mass is 529 g/mol. The normalized spacial score (nSPS) is 47.9. The molecule has 0 bridgehead atoms. The summed E-state index contributed by atoms with van der Waals surface area (Å²) in [6.07, 6.45) is -19.5. The van der Waals surface area contributed by atoms with Crippen molar-refractivity contribution in [1.29, 1.82) is 0 Å². The minimum atomic E-state index is -1.81. The van der Waals surface area contributed by atoms with Gasteiger partial charge in [0.1, 0.15) is 73.2 Å². The Morgan fingerprint density at radius 3 is 1.92 bits per heavy atom. The highest BCUT2D eigenvalue weighted by Gasteiger charge is 2.52. The Balaban J connectivity index is 1.78. The van der Waals surface area contributed by atoms with Crippen LogP contribution in [-0.2, 0) is 28.5 Å². The third kappa shape index (κ3) is 6.13. The third-order valence-corrected chi connectivity index (χ3v) is 6.44. The lowest BCUT2D eigenvalue weighted by Crippen LogP contribution is -2.68. The maximum absolute atomic E-state index is 11.8. The van der Waals surface area contributed by atoms with Gasteiger partial charge in [0.05, 0.1) is 26.4 Å².